The second kappa shape index (κ2) is 8.93. The molecule has 0 aliphatic rings. The van der Waals surface area contributed by atoms with Crippen molar-refractivity contribution in [1.82, 2.24) is 0 Å². The minimum absolute atomic E-state index is 0. The first-order valence-corrected chi connectivity index (χ1v) is 4.63. The molecule has 0 saturated carbocycles. The Morgan fingerprint density at radius 2 is 1.68 bits per heavy atom. The maximum Gasteiger partial charge on any atom is 0.342 e. The fraction of sp³-hybridized carbons (Fsp3) is 0.0909. The van der Waals surface area contributed by atoms with E-state index in [-0.39, 0.29) is 36.3 Å². The molecule has 7 nitrogen and oxygen atoms in total. The van der Waals surface area contributed by atoms with Gasteiger partial charge in [-0.15, -0.1) is 0 Å². The van der Waals surface area contributed by atoms with Gasteiger partial charge in [0, 0.05) is 31.1 Å². The van der Waals surface area contributed by atoms with Gasteiger partial charge in [0.25, 0.3) is 5.69 Å². The van der Waals surface area contributed by atoms with E-state index >= 15 is 0 Å². The molecule has 0 unspecified atom stereocenters. The summed E-state index contributed by atoms with van der Waals surface area (Å²) in [4.78, 5) is 29.6. The monoisotopic (exact) mass is 317 g/mol. The molecular formula is C11H11NO6Zn. The molecule has 0 amide bonds. The van der Waals surface area contributed by atoms with Gasteiger partial charge in [0.15, 0.2) is 0 Å². The zero-order valence-electron chi connectivity index (χ0n) is 10.2. The predicted molar refractivity (Wildman–Crippen MR) is 62.5 cm³/mol. The van der Waals surface area contributed by atoms with Crippen LogP contribution in [0, 0.1) is 10.1 Å². The normalized spacial score (nSPS) is 8.26. The Balaban J connectivity index is 0. The predicted octanol–water partition coefficient (Wildman–Crippen LogP) is 1.94. The van der Waals surface area contributed by atoms with E-state index in [1.54, 1.807) is 0 Å². The van der Waals surface area contributed by atoms with Crippen molar-refractivity contribution in [2.75, 3.05) is 0 Å². The standard InChI is InChI=1S/C7H5NO4.C4H6O2.Zn/c9-7(10)5-3-1-2-4-6(5)8(11)12;1-3(2)4(5)6;/h1-4H,(H,9,10);1H2,2H3,(H,5,6);. The summed E-state index contributed by atoms with van der Waals surface area (Å²) in [5.41, 5.74) is -0.498. The Morgan fingerprint density at radius 1 is 1.26 bits per heavy atom. The molecule has 0 aliphatic carbocycles. The summed E-state index contributed by atoms with van der Waals surface area (Å²) in [7, 11) is 0. The van der Waals surface area contributed by atoms with Crippen LogP contribution < -0.4 is 0 Å². The summed E-state index contributed by atoms with van der Waals surface area (Å²) in [5.74, 6) is -2.22. The summed E-state index contributed by atoms with van der Waals surface area (Å²) < 4.78 is 0. The number of carbonyl (C=O) groups is 2. The molecule has 0 radical (unpaired) electrons. The largest absolute Gasteiger partial charge is 0.478 e. The van der Waals surface area contributed by atoms with Crippen molar-refractivity contribution in [2.24, 2.45) is 0 Å². The number of nitro groups is 1. The Morgan fingerprint density at radius 3 is 1.95 bits per heavy atom. The number of rotatable bonds is 3. The molecule has 0 atom stereocenters. The van der Waals surface area contributed by atoms with Crippen LogP contribution in [-0.2, 0) is 24.3 Å². The van der Waals surface area contributed by atoms with Crippen molar-refractivity contribution in [3.8, 4) is 0 Å². The third kappa shape index (κ3) is 7.05. The number of aromatic carboxylic acids is 1. The molecule has 0 aliphatic heterocycles. The first-order chi connectivity index (χ1) is 8.27. The van der Waals surface area contributed by atoms with Crippen LogP contribution in [0.4, 0.5) is 5.69 Å². The molecule has 0 bridgehead atoms. The van der Waals surface area contributed by atoms with Crippen molar-refractivity contribution in [3.63, 3.8) is 0 Å². The van der Waals surface area contributed by atoms with Gasteiger partial charge < -0.3 is 10.2 Å². The van der Waals surface area contributed by atoms with E-state index in [1.165, 1.54) is 25.1 Å². The van der Waals surface area contributed by atoms with Crippen LogP contribution in [0.1, 0.15) is 17.3 Å². The molecule has 98 valence electrons. The van der Waals surface area contributed by atoms with Gasteiger partial charge in [0.2, 0.25) is 0 Å². The first kappa shape index (κ1) is 19.3. The van der Waals surface area contributed by atoms with Crippen molar-refractivity contribution in [3.05, 3.63) is 52.1 Å². The summed E-state index contributed by atoms with van der Waals surface area (Å²) in [6.07, 6.45) is 0. The Labute approximate surface area is 121 Å². The molecule has 19 heavy (non-hydrogen) atoms. The Bertz CT molecular complexity index is 455. The van der Waals surface area contributed by atoms with Gasteiger partial charge in [0.1, 0.15) is 5.56 Å². The third-order valence-corrected chi connectivity index (χ3v) is 1.70. The van der Waals surface area contributed by atoms with Crippen molar-refractivity contribution >= 4 is 17.6 Å². The fourth-order valence-corrected chi connectivity index (χ4v) is 0.814. The topological polar surface area (TPSA) is 118 Å². The third-order valence-electron chi connectivity index (χ3n) is 1.70. The van der Waals surface area contributed by atoms with Crippen LogP contribution in [0.3, 0.4) is 0 Å². The number of para-hydroxylation sites is 1. The average Bonchev–Trinajstić information content (AvgIpc) is 2.29. The van der Waals surface area contributed by atoms with Gasteiger partial charge in [0.05, 0.1) is 4.92 Å². The average molecular weight is 319 g/mol. The van der Waals surface area contributed by atoms with Gasteiger partial charge in [-0.3, -0.25) is 10.1 Å². The van der Waals surface area contributed by atoms with E-state index in [1.807, 2.05) is 0 Å². The molecule has 2 N–H and O–H groups in total. The van der Waals surface area contributed by atoms with Crippen molar-refractivity contribution in [1.29, 1.82) is 0 Å². The van der Waals surface area contributed by atoms with E-state index in [4.69, 9.17) is 10.2 Å². The summed E-state index contributed by atoms with van der Waals surface area (Å²) in [6, 6.07) is 5.21. The molecule has 0 fully saturated rings. The smallest absolute Gasteiger partial charge is 0.342 e. The van der Waals surface area contributed by atoms with Crippen LogP contribution in [0.2, 0.25) is 0 Å². The van der Waals surface area contributed by atoms with E-state index in [9.17, 15) is 19.7 Å². The molecular weight excluding hydrogens is 308 g/mol. The van der Waals surface area contributed by atoms with Crippen molar-refractivity contribution in [2.45, 2.75) is 6.92 Å². The quantitative estimate of drug-likeness (QED) is 0.380. The van der Waals surface area contributed by atoms with E-state index < -0.39 is 16.9 Å². The number of benzene rings is 1. The zero-order chi connectivity index (χ0) is 14.3. The minimum atomic E-state index is -1.29. The second-order valence-corrected chi connectivity index (χ2v) is 3.16. The van der Waals surface area contributed by atoms with Crippen LogP contribution in [0.25, 0.3) is 0 Å². The second-order valence-electron chi connectivity index (χ2n) is 3.16. The summed E-state index contributed by atoms with van der Waals surface area (Å²) >= 11 is 0. The number of nitro benzene ring substituents is 1. The fourth-order valence-electron chi connectivity index (χ4n) is 0.814. The minimum Gasteiger partial charge on any atom is -0.478 e. The van der Waals surface area contributed by atoms with Crippen LogP contribution >= 0.6 is 0 Å². The number of carboxylic acid groups (broad SMARTS) is 2. The van der Waals surface area contributed by atoms with E-state index in [2.05, 4.69) is 6.58 Å². The van der Waals surface area contributed by atoms with Crippen LogP contribution in [-0.4, -0.2) is 27.1 Å². The molecule has 0 saturated heterocycles. The van der Waals surface area contributed by atoms with Gasteiger partial charge in [-0.1, -0.05) is 18.7 Å². The number of nitrogens with zero attached hydrogens (tertiary/aromatic N) is 1. The maximum absolute atomic E-state index is 10.4. The van der Waals surface area contributed by atoms with E-state index in [0.717, 1.165) is 6.07 Å². The maximum atomic E-state index is 10.4. The SMILES string of the molecule is C=C(C)C(=O)O.O=C(O)c1ccccc1[N+](=O)[O-].[Zn]. The molecule has 8 heteroatoms. The molecule has 1 aromatic carbocycles. The molecule has 1 aromatic rings. The molecule has 1 rings (SSSR count). The Hall–Kier alpha value is -2.08. The Kier molecular flexibility index (Phi) is 9.06. The van der Waals surface area contributed by atoms with Gasteiger partial charge in [-0.2, -0.15) is 0 Å². The van der Waals surface area contributed by atoms with Crippen LogP contribution in [0.5, 0.6) is 0 Å². The van der Waals surface area contributed by atoms with E-state index in [0.29, 0.717) is 0 Å². The number of aliphatic carboxylic acids is 1. The molecule has 0 spiro atoms. The van der Waals surface area contributed by atoms with Gasteiger partial charge >= 0.3 is 11.9 Å². The molecule has 0 aromatic heterocycles. The number of hydrogen-bond acceptors (Lipinski definition) is 4. The summed E-state index contributed by atoms with van der Waals surface area (Å²) in [6.45, 7) is 4.60. The van der Waals surface area contributed by atoms with Crippen LogP contribution in [0.15, 0.2) is 36.4 Å². The number of carboxylic acids is 2. The first-order valence-electron chi connectivity index (χ1n) is 4.63. The van der Waals surface area contributed by atoms with Gasteiger partial charge in [-0.05, 0) is 13.0 Å². The summed E-state index contributed by atoms with van der Waals surface area (Å²) in [5, 5.41) is 26.7. The molecule has 0 heterocycles. The number of hydrogen-bond donors (Lipinski definition) is 2. The van der Waals surface area contributed by atoms with Gasteiger partial charge in [-0.25, -0.2) is 9.59 Å². The zero-order valence-corrected chi connectivity index (χ0v) is 13.2. The van der Waals surface area contributed by atoms with Crippen molar-refractivity contribution < 1.29 is 44.2 Å².